The molecular formula is C15H16BrNO4. The van der Waals surface area contributed by atoms with E-state index in [0.717, 1.165) is 22.9 Å². The van der Waals surface area contributed by atoms with Gasteiger partial charge in [-0.2, -0.15) is 0 Å². The van der Waals surface area contributed by atoms with Gasteiger partial charge in [0.2, 0.25) is 5.91 Å². The fourth-order valence-corrected chi connectivity index (χ4v) is 3.44. The predicted molar refractivity (Wildman–Crippen MR) is 79.0 cm³/mol. The second-order valence-corrected chi connectivity index (χ2v) is 6.43. The summed E-state index contributed by atoms with van der Waals surface area (Å²) in [4.78, 5) is 25.6. The topological polar surface area (TPSA) is 66.8 Å². The Labute approximate surface area is 131 Å². The van der Waals surface area contributed by atoms with E-state index in [2.05, 4.69) is 15.9 Å². The highest BCUT2D eigenvalue weighted by atomic mass is 79.9. The van der Waals surface area contributed by atoms with Gasteiger partial charge >= 0.3 is 5.97 Å². The van der Waals surface area contributed by atoms with Gasteiger partial charge in [0, 0.05) is 22.5 Å². The molecule has 6 heteroatoms. The quantitative estimate of drug-likeness (QED) is 0.903. The summed E-state index contributed by atoms with van der Waals surface area (Å²) >= 11 is 3.41. The molecule has 21 heavy (non-hydrogen) atoms. The molecule has 1 saturated heterocycles. The fourth-order valence-electron chi connectivity index (χ4n) is 3.06. The standard InChI is InChI=1S/C15H16BrNO4/c1-21-12-5-2-8(16)6-10(12)14-11(15(19)20)7-13(18)17(14)9-3-4-9/h2,5-6,9,11,14H,3-4,7H2,1H3,(H,19,20). The molecule has 1 N–H and O–H groups in total. The van der Waals surface area contributed by atoms with E-state index in [9.17, 15) is 14.7 Å². The molecule has 0 spiro atoms. The van der Waals surface area contributed by atoms with Crippen LogP contribution in [0.15, 0.2) is 22.7 Å². The molecule has 1 amide bonds. The Kier molecular flexibility index (Phi) is 3.65. The first-order valence-electron chi connectivity index (χ1n) is 6.90. The SMILES string of the molecule is COc1ccc(Br)cc1C1C(C(=O)O)CC(=O)N1C1CC1. The Bertz CT molecular complexity index is 599. The zero-order chi connectivity index (χ0) is 15.1. The van der Waals surface area contributed by atoms with E-state index < -0.39 is 17.9 Å². The molecule has 1 aliphatic carbocycles. The second kappa shape index (κ2) is 5.33. The molecule has 1 aromatic rings. The van der Waals surface area contributed by atoms with Crippen LogP contribution in [0.5, 0.6) is 5.75 Å². The Morgan fingerprint density at radius 1 is 1.43 bits per heavy atom. The van der Waals surface area contributed by atoms with E-state index in [1.807, 2.05) is 12.1 Å². The molecule has 2 unspecified atom stereocenters. The number of carboxylic acid groups (broad SMARTS) is 1. The first-order chi connectivity index (χ1) is 10.0. The lowest BCUT2D eigenvalue weighted by Gasteiger charge is -2.28. The van der Waals surface area contributed by atoms with Crippen molar-refractivity contribution in [2.75, 3.05) is 7.11 Å². The Hall–Kier alpha value is -1.56. The van der Waals surface area contributed by atoms with Gasteiger partial charge in [-0.05, 0) is 31.0 Å². The van der Waals surface area contributed by atoms with Crippen molar-refractivity contribution in [3.8, 4) is 5.75 Å². The minimum atomic E-state index is -0.932. The number of rotatable bonds is 4. The van der Waals surface area contributed by atoms with Gasteiger partial charge < -0.3 is 14.7 Å². The molecule has 3 rings (SSSR count). The normalized spacial score (nSPS) is 25.2. The van der Waals surface area contributed by atoms with E-state index in [1.54, 1.807) is 18.1 Å². The Morgan fingerprint density at radius 2 is 2.14 bits per heavy atom. The van der Waals surface area contributed by atoms with E-state index in [0.29, 0.717) is 5.75 Å². The van der Waals surface area contributed by atoms with Crippen molar-refractivity contribution in [3.05, 3.63) is 28.2 Å². The molecule has 2 aliphatic rings. The molecule has 2 atom stereocenters. The van der Waals surface area contributed by atoms with Crippen LogP contribution in [0.4, 0.5) is 0 Å². The van der Waals surface area contributed by atoms with Crippen molar-refractivity contribution in [1.82, 2.24) is 4.90 Å². The van der Waals surface area contributed by atoms with Crippen molar-refractivity contribution < 1.29 is 19.4 Å². The monoisotopic (exact) mass is 353 g/mol. The molecule has 2 fully saturated rings. The molecule has 1 aromatic carbocycles. The van der Waals surface area contributed by atoms with Crippen molar-refractivity contribution >= 4 is 27.8 Å². The zero-order valence-corrected chi connectivity index (χ0v) is 13.2. The maximum absolute atomic E-state index is 12.2. The summed E-state index contributed by atoms with van der Waals surface area (Å²) in [6.07, 6.45) is 1.96. The number of carbonyl (C=O) groups is 2. The van der Waals surface area contributed by atoms with E-state index in [-0.39, 0.29) is 18.4 Å². The van der Waals surface area contributed by atoms with Crippen molar-refractivity contribution in [2.24, 2.45) is 5.92 Å². The van der Waals surface area contributed by atoms with E-state index in [1.165, 1.54) is 0 Å². The highest BCUT2D eigenvalue weighted by molar-refractivity contribution is 9.10. The first kappa shape index (κ1) is 14.4. The van der Waals surface area contributed by atoms with Crippen LogP contribution < -0.4 is 4.74 Å². The van der Waals surface area contributed by atoms with Crippen LogP contribution in [0, 0.1) is 5.92 Å². The minimum Gasteiger partial charge on any atom is -0.496 e. The number of methoxy groups -OCH3 is 1. The van der Waals surface area contributed by atoms with Crippen LogP contribution in [-0.2, 0) is 9.59 Å². The number of carboxylic acids is 1. The van der Waals surface area contributed by atoms with Gasteiger partial charge in [-0.3, -0.25) is 9.59 Å². The molecule has 1 saturated carbocycles. The summed E-state index contributed by atoms with van der Waals surface area (Å²) in [6, 6.07) is 5.22. The first-order valence-corrected chi connectivity index (χ1v) is 7.69. The molecule has 5 nitrogen and oxygen atoms in total. The highest BCUT2D eigenvalue weighted by Gasteiger charge is 2.50. The van der Waals surface area contributed by atoms with Gasteiger partial charge in [-0.15, -0.1) is 0 Å². The lowest BCUT2D eigenvalue weighted by atomic mass is 9.93. The van der Waals surface area contributed by atoms with E-state index >= 15 is 0 Å². The second-order valence-electron chi connectivity index (χ2n) is 5.51. The number of carbonyl (C=O) groups excluding carboxylic acids is 1. The third-order valence-corrected chi connectivity index (χ3v) is 4.62. The van der Waals surface area contributed by atoms with Gasteiger partial charge in [0.05, 0.1) is 19.1 Å². The maximum Gasteiger partial charge on any atom is 0.309 e. The van der Waals surface area contributed by atoms with Gasteiger partial charge in [-0.25, -0.2) is 0 Å². The van der Waals surface area contributed by atoms with Gasteiger partial charge in [0.15, 0.2) is 0 Å². The number of likely N-dealkylation sites (tertiary alicyclic amines) is 1. The number of halogens is 1. The summed E-state index contributed by atoms with van der Waals surface area (Å²) in [5.41, 5.74) is 0.761. The third kappa shape index (κ3) is 2.52. The molecule has 0 radical (unpaired) electrons. The lowest BCUT2D eigenvalue weighted by molar-refractivity contribution is -0.142. The Balaban J connectivity index is 2.08. The summed E-state index contributed by atoms with van der Waals surface area (Å²) < 4.78 is 6.22. The molecule has 1 aliphatic heterocycles. The number of amides is 1. The van der Waals surface area contributed by atoms with Crippen LogP contribution in [0.25, 0.3) is 0 Å². The summed E-state index contributed by atoms with van der Waals surface area (Å²) in [5, 5.41) is 9.48. The van der Waals surface area contributed by atoms with Crippen LogP contribution in [0.1, 0.15) is 30.9 Å². The number of ether oxygens (including phenoxy) is 1. The van der Waals surface area contributed by atoms with Crippen molar-refractivity contribution in [2.45, 2.75) is 31.3 Å². The van der Waals surface area contributed by atoms with Crippen LogP contribution in [-0.4, -0.2) is 35.0 Å². The smallest absolute Gasteiger partial charge is 0.309 e. The highest BCUT2D eigenvalue weighted by Crippen LogP contribution is 2.47. The number of hydrogen-bond donors (Lipinski definition) is 1. The fraction of sp³-hybridized carbons (Fsp3) is 0.467. The number of nitrogens with zero attached hydrogens (tertiary/aromatic N) is 1. The lowest BCUT2D eigenvalue weighted by Crippen LogP contribution is -2.32. The summed E-state index contributed by atoms with van der Waals surface area (Å²) in [7, 11) is 1.56. The van der Waals surface area contributed by atoms with E-state index in [4.69, 9.17) is 4.74 Å². The van der Waals surface area contributed by atoms with Crippen LogP contribution in [0.3, 0.4) is 0 Å². The molecule has 1 heterocycles. The van der Waals surface area contributed by atoms with Gasteiger partial charge in [-0.1, -0.05) is 15.9 Å². The van der Waals surface area contributed by atoms with Crippen LogP contribution in [0.2, 0.25) is 0 Å². The maximum atomic E-state index is 12.2. The zero-order valence-electron chi connectivity index (χ0n) is 11.6. The molecule has 0 bridgehead atoms. The van der Waals surface area contributed by atoms with Crippen molar-refractivity contribution in [1.29, 1.82) is 0 Å². The van der Waals surface area contributed by atoms with Crippen molar-refractivity contribution in [3.63, 3.8) is 0 Å². The molecule has 112 valence electrons. The average molecular weight is 354 g/mol. The van der Waals surface area contributed by atoms with Gasteiger partial charge in [0.25, 0.3) is 0 Å². The molecule has 0 aromatic heterocycles. The number of benzene rings is 1. The minimum absolute atomic E-state index is 0.0617. The Morgan fingerprint density at radius 3 is 2.71 bits per heavy atom. The third-order valence-electron chi connectivity index (χ3n) is 4.13. The van der Waals surface area contributed by atoms with Crippen LogP contribution >= 0.6 is 15.9 Å². The largest absolute Gasteiger partial charge is 0.496 e. The average Bonchev–Trinajstić information content (AvgIpc) is 3.21. The number of aliphatic carboxylic acids is 1. The molecular weight excluding hydrogens is 338 g/mol. The summed E-state index contributed by atoms with van der Waals surface area (Å²) in [6.45, 7) is 0. The number of hydrogen-bond acceptors (Lipinski definition) is 3. The van der Waals surface area contributed by atoms with Gasteiger partial charge in [0.1, 0.15) is 5.75 Å². The summed E-state index contributed by atoms with van der Waals surface area (Å²) in [5.74, 6) is -1.11. The predicted octanol–water partition coefficient (Wildman–Crippen LogP) is 2.59.